The van der Waals surface area contributed by atoms with E-state index in [1.807, 2.05) is 13.8 Å². The van der Waals surface area contributed by atoms with E-state index in [1.54, 1.807) is 0 Å². The lowest BCUT2D eigenvalue weighted by molar-refractivity contribution is 0.0486. The van der Waals surface area contributed by atoms with Crippen LogP contribution in [0.2, 0.25) is 0 Å². The molecule has 0 radical (unpaired) electrons. The summed E-state index contributed by atoms with van der Waals surface area (Å²) in [7, 11) is 1.09. The number of hydrogen-bond acceptors (Lipinski definition) is 4. The van der Waals surface area contributed by atoms with Gasteiger partial charge < -0.3 is 4.74 Å². The van der Waals surface area contributed by atoms with E-state index in [1.165, 1.54) is 6.92 Å². The zero-order valence-electron chi connectivity index (χ0n) is 11.4. The Hall–Kier alpha value is -1.14. The van der Waals surface area contributed by atoms with Gasteiger partial charge in [-0.25, -0.2) is 17.6 Å². The molecule has 1 aromatic rings. The molecular formula is C13H16ClFO4S. The van der Waals surface area contributed by atoms with Crippen molar-refractivity contribution in [2.24, 2.45) is 5.92 Å². The quantitative estimate of drug-likeness (QED) is 0.616. The third-order valence-electron chi connectivity index (χ3n) is 2.74. The number of carbonyl (C=O) groups is 1. The molecule has 112 valence electrons. The smallest absolute Gasteiger partial charge is 0.338 e. The van der Waals surface area contributed by atoms with Gasteiger partial charge in [-0.05, 0) is 37.0 Å². The van der Waals surface area contributed by atoms with Crippen LogP contribution < -0.4 is 0 Å². The van der Waals surface area contributed by atoms with Gasteiger partial charge in [0.1, 0.15) is 5.82 Å². The van der Waals surface area contributed by atoms with Gasteiger partial charge in [0.15, 0.2) is 0 Å². The molecule has 0 bridgehead atoms. The SMILES string of the molecule is Cc1c(C(=O)OCCC(C)C)cc(F)cc1S(=O)(=O)Cl. The van der Waals surface area contributed by atoms with Crippen molar-refractivity contribution < 1.29 is 22.3 Å². The highest BCUT2D eigenvalue weighted by molar-refractivity contribution is 8.13. The minimum atomic E-state index is -4.12. The lowest BCUT2D eigenvalue weighted by atomic mass is 10.1. The van der Waals surface area contributed by atoms with E-state index in [0.717, 1.165) is 12.1 Å². The first-order chi connectivity index (χ1) is 9.12. The van der Waals surface area contributed by atoms with Gasteiger partial charge in [-0.1, -0.05) is 13.8 Å². The third-order valence-corrected chi connectivity index (χ3v) is 4.18. The fourth-order valence-corrected chi connectivity index (χ4v) is 2.79. The second-order valence-electron chi connectivity index (χ2n) is 4.83. The van der Waals surface area contributed by atoms with Crippen LogP contribution in [0.5, 0.6) is 0 Å². The molecule has 0 saturated carbocycles. The highest BCUT2D eigenvalue weighted by Gasteiger charge is 2.22. The minimum Gasteiger partial charge on any atom is -0.462 e. The molecule has 0 unspecified atom stereocenters. The second kappa shape index (κ2) is 6.54. The predicted octanol–water partition coefficient (Wildman–Crippen LogP) is 3.26. The van der Waals surface area contributed by atoms with E-state index in [2.05, 4.69) is 0 Å². The lowest BCUT2D eigenvalue weighted by Crippen LogP contribution is -2.12. The van der Waals surface area contributed by atoms with Gasteiger partial charge in [0, 0.05) is 10.7 Å². The summed E-state index contributed by atoms with van der Waals surface area (Å²) in [4.78, 5) is 11.4. The molecular weight excluding hydrogens is 307 g/mol. The minimum absolute atomic E-state index is 0.0796. The predicted molar refractivity (Wildman–Crippen MR) is 73.9 cm³/mol. The molecule has 0 heterocycles. The van der Waals surface area contributed by atoms with E-state index >= 15 is 0 Å². The molecule has 1 aromatic carbocycles. The van der Waals surface area contributed by atoms with Crippen molar-refractivity contribution in [2.75, 3.05) is 6.61 Å². The average Bonchev–Trinajstić information content (AvgIpc) is 2.29. The summed E-state index contributed by atoms with van der Waals surface area (Å²) in [6.07, 6.45) is 0.667. The van der Waals surface area contributed by atoms with Crippen LogP contribution in [0, 0.1) is 18.7 Å². The maximum absolute atomic E-state index is 13.4. The Balaban J connectivity index is 3.07. The van der Waals surface area contributed by atoms with Crippen molar-refractivity contribution in [2.45, 2.75) is 32.1 Å². The maximum atomic E-state index is 13.4. The van der Waals surface area contributed by atoms with Crippen LogP contribution >= 0.6 is 10.7 Å². The number of ether oxygens (including phenoxy) is 1. The van der Waals surface area contributed by atoms with Crippen molar-refractivity contribution >= 4 is 25.7 Å². The molecule has 4 nitrogen and oxygen atoms in total. The Labute approximate surface area is 122 Å². The van der Waals surface area contributed by atoms with E-state index in [-0.39, 0.29) is 17.7 Å². The zero-order valence-corrected chi connectivity index (χ0v) is 13.0. The van der Waals surface area contributed by atoms with Gasteiger partial charge in [-0.3, -0.25) is 0 Å². The summed E-state index contributed by atoms with van der Waals surface area (Å²) in [5, 5.41) is 0. The molecule has 0 fully saturated rings. The Kier molecular flexibility index (Phi) is 5.53. The summed E-state index contributed by atoms with van der Waals surface area (Å²) >= 11 is 0. The Bertz CT molecular complexity index is 611. The lowest BCUT2D eigenvalue weighted by Gasteiger charge is -2.11. The van der Waals surface area contributed by atoms with E-state index < -0.39 is 25.7 Å². The first kappa shape index (κ1) is 16.9. The van der Waals surface area contributed by atoms with Crippen LogP contribution in [0.1, 0.15) is 36.2 Å². The van der Waals surface area contributed by atoms with Crippen LogP contribution in [-0.2, 0) is 13.8 Å². The molecule has 0 N–H and O–H groups in total. The molecule has 0 saturated heterocycles. The standard InChI is InChI=1S/C13H16ClFO4S/c1-8(2)4-5-19-13(16)11-6-10(15)7-12(9(11)3)20(14,17)18/h6-8H,4-5H2,1-3H3. The Morgan fingerprint density at radius 3 is 2.50 bits per heavy atom. The van der Waals surface area contributed by atoms with Crippen molar-refractivity contribution in [1.82, 2.24) is 0 Å². The number of rotatable bonds is 5. The van der Waals surface area contributed by atoms with E-state index in [0.29, 0.717) is 12.3 Å². The number of benzene rings is 1. The molecule has 0 aliphatic carbocycles. The van der Waals surface area contributed by atoms with Gasteiger partial charge in [-0.2, -0.15) is 0 Å². The molecule has 0 aromatic heterocycles. The molecule has 1 rings (SSSR count). The monoisotopic (exact) mass is 322 g/mol. The van der Waals surface area contributed by atoms with Crippen molar-refractivity contribution in [1.29, 1.82) is 0 Å². The first-order valence-electron chi connectivity index (χ1n) is 6.05. The first-order valence-corrected chi connectivity index (χ1v) is 8.35. The van der Waals surface area contributed by atoms with Crippen molar-refractivity contribution in [3.05, 3.63) is 29.1 Å². The van der Waals surface area contributed by atoms with Crippen molar-refractivity contribution in [3.8, 4) is 0 Å². The summed E-state index contributed by atoms with van der Waals surface area (Å²) in [6, 6.07) is 1.72. The fraction of sp³-hybridized carbons (Fsp3) is 0.462. The van der Waals surface area contributed by atoms with E-state index in [4.69, 9.17) is 15.4 Å². The summed E-state index contributed by atoms with van der Waals surface area (Å²) in [5.74, 6) is -1.26. The van der Waals surface area contributed by atoms with Crippen molar-refractivity contribution in [3.63, 3.8) is 0 Å². The number of esters is 1. The number of hydrogen-bond donors (Lipinski definition) is 0. The van der Waals surface area contributed by atoms with Crippen LogP contribution in [0.4, 0.5) is 4.39 Å². The Morgan fingerprint density at radius 2 is 2.00 bits per heavy atom. The molecule has 0 aliphatic heterocycles. The molecule has 7 heteroatoms. The summed E-state index contributed by atoms with van der Waals surface area (Å²) in [6.45, 7) is 5.52. The van der Waals surface area contributed by atoms with Gasteiger partial charge >= 0.3 is 5.97 Å². The van der Waals surface area contributed by atoms with Crippen LogP contribution in [0.15, 0.2) is 17.0 Å². The topological polar surface area (TPSA) is 60.4 Å². The highest BCUT2D eigenvalue weighted by Crippen LogP contribution is 2.24. The molecule has 0 spiro atoms. The zero-order chi connectivity index (χ0) is 15.5. The summed E-state index contributed by atoms with van der Waals surface area (Å²) in [5.41, 5.74) is -0.0519. The van der Waals surface area contributed by atoms with Gasteiger partial charge in [0.25, 0.3) is 9.05 Å². The summed E-state index contributed by atoms with van der Waals surface area (Å²) < 4.78 is 41.1. The molecule has 0 amide bonds. The second-order valence-corrected chi connectivity index (χ2v) is 7.37. The molecule has 20 heavy (non-hydrogen) atoms. The third kappa shape index (κ3) is 4.45. The number of halogens is 2. The highest BCUT2D eigenvalue weighted by atomic mass is 35.7. The van der Waals surface area contributed by atoms with Gasteiger partial charge in [0.2, 0.25) is 0 Å². The fourth-order valence-electron chi connectivity index (χ4n) is 1.58. The van der Waals surface area contributed by atoms with Gasteiger partial charge in [-0.15, -0.1) is 0 Å². The normalized spacial score (nSPS) is 11.7. The average molecular weight is 323 g/mol. The molecule has 0 aliphatic rings. The van der Waals surface area contributed by atoms with Crippen LogP contribution in [0.25, 0.3) is 0 Å². The van der Waals surface area contributed by atoms with E-state index in [9.17, 15) is 17.6 Å². The van der Waals surface area contributed by atoms with Crippen LogP contribution in [0.3, 0.4) is 0 Å². The van der Waals surface area contributed by atoms with Gasteiger partial charge in [0.05, 0.1) is 17.1 Å². The Morgan fingerprint density at radius 1 is 1.40 bits per heavy atom. The maximum Gasteiger partial charge on any atom is 0.338 e. The molecule has 0 atom stereocenters. The van der Waals surface area contributed by atoms with Crippen LogP contribution in [-0.4, -0.2) is 21.0 Å². The largest absolute Gasteiger partial charge is 0.462 e. The number of carbonyl (C=O) groups excluding carboxylic acids is 1.